The summed E-state index contributed by atoms with van der Waals surface area (Å²) < 4.78 is 0. The van der Waals surface area contributed by atoms with Crippen LogP contribution < -0.4 is 21.7 Å². The van der Waals surface area contributed by atoms with Crippen molar-refractivity contribution in [3.8, 4) is 5.75 Å². The third-order valence-electron chi connectivity index (χ3n) is 6.84. The predicted molar refractivity (Wildman–Crippen MR) is 158 cm³/mol. The Hall–Kier alpha value is -4.70. The van der Waals surface area contributed by atoms with Crippen LogP contribution in [0.3, 0.4) is 0 Å². The third kappa shape index (κ3) is 9.74. The number of benzene rings is 3. The molecule has 3 rings (SSSR count). The van der Waals surface area contributed by atoms with Gasteiger partial charge in [0, 0.05) is 19.3 Å². The van der Waals surface area contributed by atoms with E-state index in [1.165, 1.54) is 12.1 Å². The third-order valence-corrected chi connectivity index (χ3v) is 6.84. The van der Waals surface area contributed by atoms with Crippen LogP contribution in [-0.4, -0.2) is 58.1 Å². The molecular weight excluding hydrogens is 536 g/mol. The Morgan fingerprint density at radius 3 is 1.43 bits per heavy atom. The molecule has 0 aliphatic heterocycles. The Bertz CT molecular complexity index is 1330. The van der Waals surface area contributed by atoms with Crippen molar-refractivity contribution < 1.29 is 29.4 Å². The Kier molecular flexibility index (Phi) is 11.6. The number of hydrogen-bond acceptors (Lipinski definition) is 6. The number of nitrogens with two attached hydrogens (primary N) is 1. The van der Waals surface area contributed by atoms with E-state index < -0.39 is 47.9 Å². The number of aromatic hydroxyl groups is 1. The second-order valence-electron chi connectivity index (χ2n) is 10.5. The molecule has 0 heterocycles. The second-order valence-corrected chi connectivity index (χ2v) is 10.5. The summed E-state index contributed by atoms with van der Waals surface area (Å²) in [5.74, 6) is -3.19. The molecule has 0 fully saturated rings. The van der Waals surface area contributed by atoms with Crippen LogP contribution in [0.15, 0.2) is 84.9 Å². The van der Waals surface area contributed by atoms with E-state index in [4.69, 9.17) is 5.73 Å². The van der Waals surface area contributed by atoms with E-state index in [0.29, 0.717) is 5.56 Å². The van der Waals surface area contributed by atoms with Gasteiger partial charge >= 0.3 is 5.97 Å². The van der Waals surface area contributed by atoms with Gasteiger partial charge in [0.05, 0.1) is 6.04 Å². The highest BCUT2D eigenvalue weighted by molar-refractivity contribution is 5.94. The topological polar surface area (TPSA) is 171 Å². The molecule has 4 atom stereocenters. The number of carbonyl (C=O) groups excluding carboxylic acids is 3. The van der Waals surface area contributed by atoms with Gasteiger partial charge in [0.1, 0.15) is 23.9 Å². The molecule has 42 heavy (non-hydrogen) atoms. The minimum Gasteiger partial charge on any atom is -0.508 e. The van der Waals surface area contributed by atoms with Crippen molar-refractivity contribution in [3.63, 3.8) is 0 Å². The van der Waals surface area contributed by atoms with E-state index in [2.05, 4.69) is 16.0 Å². The number of phenols is 1. The molecule has 10 heteroatoms. The quantitative estimate of drug-likeness (QED) is 0.171. The highest BCUT2D eigenvalue weighted by Gasteiger charge is 2.31. The number of carbonyl (C=O) groups is 4. The smallest absolute Gasteiger partial charge is 0.326 e. The summed E-state index contributed by atoms with van der Waals surface area (Å²) in [6.45, 7) is 3.57. The van der Waals surface area contributed by atoms with Gasteiger partial charge in [0.15, 0.2) is 0 Å². The SMILES string of the molecule is CC(C)C(N)C(=O)NC(Cc1ccc(O)cc1)C(=O)NC(Cc1ccccc1)C(=O)NC(Cc1ccccc1)C(=O)O. The largest absolute Gasteiger partial charge is 0.508 e. The molecule has 0 aliphatic rings. The summed E-state index contributed by atoms with van der Waals surface area (Å²) in [6, 6.07) is 19.8. The van der Waals surface area contributed by atoms with Crippen LogP contribution >= 0.6 is 0 Å². The molecule has 0 aromatic heterocycles. The number of aliphatic carboxylic acids is 1. The van der Waals surface area contributed by atoms with E-state index in [-0.39, 0.29) is 30.9 Å². The molecule has 10 nitrogen and oxygen atoms in total. The normalized spacial score (nSPS) is 13.8. The van der Waals surface area contributed by atoms with Gasteiger partial charge in [-0.3, -0.25) is 14.4 Å². The van der Waals surface area contributed by atoms with Gasteiger partial charge in [0.2, 0.25) is 17.7 Å². The van der Waals surface area contributed by atoms with Gasteiger partial charge in [-0.2, -0.15) is 0 Å². The molecule has 0 bridgehead atoms. The van der Waals surface area contributed by atoms with Crippen molar-refractivity contribution in [2.24, 2.45) is 11.7 Å². The van der Waals surface area contributed by atoms with Crippen molar-refractivity contribution in [2.75, 3.05) is 0 Å². The monoisotopic (exact) mass is 574 g/mol. The average molecular weight is 575 g/mol. The molecule has 4 unspecified atom stereocenters. The molecule has 3 aromatic rings. The molecule has 0 aliphatic carbocycles. The first-order valence-corrected chi connectivity index (χ1v) is 13.8. The molecular formula is C32H38N4O6. The first-order valence-electron chi connectivity index (χ1n) is 13.8. The molecule has 0 spiro atoms. The highest BCUT2D eigenvalue weighted by atomic mass is 16.4. The second kappa shape index (κ2) is 15.3. The predicted octanol–water partition coefficient (Wildman–Crippen LogP) is 1.94. The summed E-state index contributed by atoms with van der Waals surface area (Å²) in [6.07, 6.45) is 0.204. The number of nitrogens with one attached hydrogen (secondary N) is 3. The molecule has 3 amide bonds. The Morgan fingerprint density at radius 2 is 1.00 bits per heavy atom. The minimum atomic E-state index is -1.23. The van der Waals surface area contributed by atoms with Gasteiger partial charge in [-0.15, -0.1) is 0 Å². The molecule has 3 aromatic carbocycles. The number of phenolic OH excluding ortho intramolecular Hbond substituents is 1. The highest BCUT2D eigenvalue weighted by Crippen LogP contribution is 2.13. The summed E-state index contributed by atoms with van der Waals surface area (Å²) in [7, 11) is 0. The number of carboxylic acids is 1. The molecule has 222 valence electrons. The zero-order chi connectivity index (χ0) is 30.6. The first kappa shape index (κ1) is 31.8. The van der Waals surface area contributed by atoms with Crippen molar-refractivity contribution >= 4 is 23.7 Å². The zero-order valence-corrected chi connectivity index (χ0v) is 23.7. The molecule has 0 saturated carbocycles. The maximum absolute atomic E-state index is 13.6. The minimum absolute atomic E-state index is 0.0497. The van der Waals surface area contributed by atoms with E-state index >= 15 is 0 Å². The first-order chi connectivity index (χ1) is 20.0. The van der Waals surface area contributed by atoms with E-state index in [1.54, 1.807) is 74.5 Å². The van der Waals surface area contributed by atoms with Crippen LogP contribution in [0.2, 0.25) is 0 Å². The molecule has 0 radical (unpaired) electrons. The van der Waals surface area contributed by atoms with Gasteiger partial charge in [-0.25, -0.2) is 4.79 Å². The summed E-state index contributed by atoms with van der Waals surface area (Å²) in [5.41, 5.74) is 8.15. The Morgan fingerprint density at radius 1 is 0.619 bits per heavy atom. The fraction of sp³-hybridized carbons (Fsp3) is 0.312. The van der Waals surface area contributed by atoms with Crippen molar-refractivity contribution in [1.82, 2.24) is 16.0 Å². The number of amides is 3. The van der Waals surface area contributed by atoms with Crippen LogP contribution in [0.25, 0.3) is 0 Å². The average Bonchev–Trinajstić information content (AvgIpc) is 2.97. The molecule has 0 saturated heterocycles. The van der Waals surface area contributed by atoms with Crippen molar-refractivity contribution in [2.45, 2.75) is 57.3 Å². The summed E-state index contributed by atoms with van der Waals surface area (Å²) in [5, 5.41) is 27.5. The fourth-order valence-corrected chi connectivity index (χ4v) is 4.30. The van der Waals surface area contributed by atoms with Crippen LogP contribution in [0.5, 0.6) is 5.75 Å². The van der Waals surface area contributed by atoms with Crippen LogP contribution in [0.1, 0.15) is 30.5 Å². The van der Waals surface area contributed by atoms with Crippen molar-refractivity contribution in [1.29, 1.82) is 0 Å². The number of rotatable bonds is 14. The van der Waals surface area contributed by atoms with E-state index in [9.17, 15) is 29.4 Å². The van der Waals surface area contributed by atoms with Crippen LogP contribution in [0, 0.1) is 5.92 Å². The van der Waals surface area contributed by atoms with Gasteiger partial charge in [-0.1, -0.05) is 86.6 Å². The Balaban J connectivity index is 1.85. The summed E-state index contributed by atoms with van der Waals surface area (Å²) in [4.78, 5) is 52.0. The van der Waals surface area contributed by atoms with Crippen LogP contribution in [0.4, 0.5) is 0 Å². The lowest BCUT2D eigenvalue weighted by atomic mass is 10.00. The maximum atomic E-state index is 13.6. The fourth-order valence-electron chi connectivity index (χ4n) is 4.30. The maximum Gasteiger partial charge on any atom is 0.326 e. The van der Waals surface area contributed by atoms with E-state index in [0.717, 1.165) is 11.1 Å². The van der Waals surface area contributed by atoms with Gasteiger partial charge in [0.25, 0.3) is 0 Å². The summed E-state index contributed by atoms with van der Waals surface area (Å²) >= 11 is 0. The van der Waals surface area contributed by atoms with Crippen LogP contribution in [-0.2, 0) is 38.4 Å². The zero-order valence-electron chi connectivity index (χ0n) is 23.7. The Labute approximate surface area is 245 Å². The lowest BCUT2D eigenvalue weighted by molar-refractivity contribution is -0.142. The molecule has 7 N–H and O–H groups in total. The van der Waals surface area contributed by atoms with Gasteiger partial charge < -0.3 is 31.9 Å². The number of hydrogen-bond donors (Lipinski definition) is 6. The standard InChI is InChI=1S/C32H38N4O6/c1-20(2)28(33)31(40)35-26(18-23-13-15-24(37)16-14-23)29(38)34-25(17-21-9-5-3-6-10-21)30(39)36-27(32(41)42)19-22-11-7-4-8-12-22/h3-16,20,25-28,37H,17-19,33H2,1-2H3,(H,34,38)(H,35,40)(H,36,39)(H,41,42). The van der Waals surface area contributed by atoms with E-state index in [1.807, 2.05) is 12.1 Å². The lowest BCUT2D eigenvalue weighted by Gasteiger charge is -2.26. The lowest BCUT2D eigenvalue weighted by Crippen LogP contribution is -2.58. The number of carboxylic acid groups (broad SMARTS) is 1. The van der Waals surface area contributed by atoms with Crippen molar-refractivity contribution in [3.05, 3.63) is 102 Å². The van der Waals surface area contributed by atoms with Gasteiger partial charge in [-0.05, 0) is 34.7 Å².